The molecule has 0 N–H and O–H groups in total. The van der Waals surface area contributed by atoms with E-state index in [0.29, 0.717) is 0 Å². The molecule has 0 bridgehead atoms. The topological polar surface area (TPSA) is 0 Å². The summed E-state index contributed by atoms with van der Waals surface area (Å²) in [6.45, 7) is 2.17. The molecule has 0 saturated heterocycles. The third kappa shape index (κ3) is 6.84. The van der Waals surface area contributed by atoms with Crippen molar-refractivity contribution in [3.05, 3.63) is 40.9 Å². The zero-order chi connectivity index (χ0) is 14.1. The van der Waals surface area contributed by atoms with Crippen LogP contribution in [0.3, 0.4) is 0 Å². The van der Waals surface area contributed by atoms with E-state index in [-0.39, 0.29) is 15.0 Å². The molecule has 0 amide bonds. The molecule has 19 heavy (non-hydrogen) atoms. The third-order valence-electron chi connectivity index (χ3n) is 2.69. The molecule has 1 aromatic carbocycles. The van der Waals surface area contributed by atoms with Gasteiger partial charge in [-0.05, 0) is 0 Å². The van der Waals surface area contributed by atoms with Crippen molar-refractivity contribution >= 4 is 19.4 Å². The van der Waals surface area contributed by atoms with E-state index in [1.165, 1.54) is 37.8 Å². The molecule has 0 saturated carbocycles. The van der Waals surface area contributed by atoms with Crippen molar-refractivity contribution in [1.82, 2.24) is 0 Å². The summed E-state index contributed by atoms with van der Waals surface area (Å²) in [4.78, 5) is 2.02. The van der Waals surface area contributed by atoms with Crippen LogP contribution in [0.25, 0.3) is 0 Å². The predicted molar refractivity (Wildman–Crippen MR) is 74.7 cm³/mol. The van der Waals surface area contributed by atoms with Gasteiger partial charge in [-0.3, -0.25) is 0 Å². The second kappa shape index (κ2) is 8.44. The van der Waals surface area contributed by atoms with Crippen LogP contribution in [0.5, 0.6) is 0 Å². The van der Waals surface area contributed by atoms with E-state index in [1.807, 2.05) is 4.97 Å². The van der Waals surface area contributed by atoms with Crippen molar-refractivity contribution in [2.45, 2.75) is 45.2 Å². The Hall–Kier alpha value is -0.731. The number of rotatable bonds is 7. The van der Waals surface area contributed by atoms with Gasteiger partial charge in [-0.2, -0.15) is 0 Å². The third-order valence-corrected chi connectivity index (χ3v) is 4.48. The van der Waals surface area contributed by atoms with Crippen molar-refractivity contribution in [2.24, 2.45) is 0 Å². The molecule has 0 fully saturated rings. The van der Waals surface area contributed by atoms with Crippen LogP contribution in [0.4, 0.5) is 13.2 Å². The molecule has 1 aromatic rings. The number of hydrogen-bond donors (Lipinski definition) is 0. The first-order valence-corrected chi connectivity index (χ1v) is 8.37. The molecule has 1 rings (SSSR count). The van der Waals surface area contributed by atoms with Crippen molar-refractivity contribution in [3.8, 4) is 0 Å². The molecular formula is C15H19F3Se. The van der Waals surface area contributed by atoms with Crippen molar-refractivity contribution in [2.75, 3.05) is 0 Å². The number of unbranched alkanes of at least 4 members (excludes halogenated alkanes) is 4. The monoisotopic (exact) mass is 336 g/mol. The van der Waals surface area contributed by atoms with E-state index in [4.69, 9.17) is 0 Å². The van der Waals surface area contributed by atoms with Crippen molar-refractivity contribution in [1.29, 1.82) is 0 Å². The molecule has 0 spiro atoms. The average molecular weight is 335 g/mol. The van der Waals surface area contributed by atoms with Gasteiger partial charge in [0.2, 0.25) is 0 Å². The number of benzene rings is 1. The van der Waals surface area contributed by atoms with Crippen LogP contribution >= 0.6 is 0 Å². The minimum atomic E-state index is -4.24. The molecular weight excluding hydrogens is 316 g/mol. The fourth-order valence-electron chi connectivity index (χ4n) is 1.63. The first-order chi connectivity index (χ1) is 9.04. The molecule has 0 aliphatic carbocycles. The van der Waals surface area contributed by atoms with Crippen LogP contribution in [-0.2, 0) is 6.18 Å². The van der Waals surface area contributed by atoms with Gasteiger partial charge in [0.1, 0.15) is 0 Å². The molecule has 0 aliphatic rings. The fourth-order valence-corrected chi connectivity index (χ4v) is 3.19. The van der Waals surface area contributed by atoms with E-state index >= 15 is 0 Å². The average Bonchev–Trinajstić information content (AvgIpc) is 2.37. The second-order valence-electron chi connectivity index (χ2n) is 4.36. The first kappa shape index (κ1) is 16.3. The summed E-state index contributed by atoms with van der Waals surface area (Å²) < 4.78 is 38.3. The van der Waals surface area contributed by atoms with Crippen LogP contribution in [0.15, 0.2) is 35.3 Å². The molecule has 0 nitrogen and oxygen atoms in total. The van der Waals surface area contributed by atoms with Gasteiger partial charge in [0.25, 0.3) is 0 Å². The zero-order valence-corrected chi connectivity index (χ0v) is 12.8. The summed E-state index contributed by atoms with van der Waals surface area (Å²) >= 11 is -0.00792. The van der Waals surface area contributed by atoms with Crippen LogP contribution in [0.1, 0.15) is 44.6 Å². The van der Waals surface area contributed by atoms with Gasteiger partial charge >= 0.3 is 119 Å². The summed E-state index contributed by atoms with van der Waals surface area (Å²) in [6.07, 6.45) is 3.76. The quantitative estimate of drug-likeness (QED) is 0.508. The molecule has 4 heteroatoms. The van der Waals surface area contributed by atoms with Crippen molar-refractivity contribution < 1.29 is 13.2 Å². The van der Waals surface area contributed by atoms with Gasteiger partial charge in [-0.25, -0.2) is 0 Å². The molecule has 106 valence electrons. The Morgan fingerprint density at radius 2 is 1.95 bits per heavy atom. The second-order valence-corrected chi connectivity index (χ2v) is 6.42. The summed E-state index contributed by atoms with van der Waals surface area (Å²) in [6, 6.07) is 5.61. The number of hydrogen-bond acceptors (Lipinski definition) is 0. The molecule has 0 aromatic heterocycles. The first-order valence-electron chi connectivity index (χ1n) is 6.53. The van der Waals surface area contributed by atoms with Crippen LogP contribution in [0, 0.1) is 0 Å². The van der Waals surface area contributed by atoms with Gasteiger partial charge in [-0.15, -0.1) is 0 Å². The van der Waals surface area contributed by atoms with Crippen LogP contribution in [-0.4, -0.2) is 15.0 Å². The molecule has 0 unspecified atom stereocenters. The maximum atomic E-state index is 12.5. The van der Waals surface area contributed by atoms with Gasteiger partial charge < -0.3 is 0 Å². The van der Waals surface area contributed by atoms with Crippen LogP contribution in [0.2, 0.25) is 0 Å². The van der Waals surface area contributed by atoms with Gasteiger partial charge in [0, 0.05) is 0 Å². The van der Waals surface area contributed by atoms with E-state index in [9.17, 15) is 13.2 Å². The van der Waals surface area contributed by atoms with Gasteiger partial charge in [-0.1, -0.05) is 0 Å². The maximum absolute atomic E-state index is 12.5. The van der Waals surface area contributed by atoms with Crippen molar-refractivity contribution in [3.63, 3.8) is 0 Å². The molecule has 0 aliphatic heterocycles. The van der Waals surface area contributed by atoms with E-state index < -0.39 is 11.7 Å². The predicted octanol–water partition coefficient (Wildman–Crippen LogP) is 4.52. The number of alkyl halides is 3. The Labute approximate surface area is 119 Å². The van der Waals surface area contributed by atoms with E-state index in [0.717, 1.165) is 16.9 Å². The number of allylic oxidation sites excluding steroid dienone is 1. The van der Waals surface area contributed by atoms with E-state index in [2.05, 4.69) is 13.0 Å². The molecule has 0 heterocycles. The number of halogens is 3. The van der Waals surface area contributed by atoms with E-state index in [1.54, 1.807) is 6.07 Å². The Morgan fingerprint density at radius 3 is 2.63 bits per heavy atom. The van der Waals surface area contributed by atoms with Gasteiger partial charge in [0.15, 0.2) is 0 Å². The SMILES string of the molecule is CCCCCC/C=C/[Se]c1cccc(C(F)(F)F)c1. The fraction of sp³-hybridized carbons (Fsp3) is 0.467. The van der Waals surface area contributed by atoms with Gasteiger partial charge in [0.05, 0.1) is 0 Å². The Bertz CT molecular complexity index is 397. The molecule has 0 radical (unpaired) electrons. The Morgan fingerprint density at radius 1 is 1.16 bits per heavy atom. The summed E-state index contributed by atoms with van der Waals surface area (Å²) in [7, 11) is 0. The Balaban J connectivity index is 2.39. The summed E-state index contributed by atoms with van der Waals surface area (Å²) in [5.74, 6) is 0. The standard InChI is InChI=1S/C15H19F3Se/c1-2-3-4-5-6-7-11-19-14-10-8-9-13(12-14)15(16,17)18/h7-12H,2-6H2,1H3/b11-7+. The summed E-state index contributed by atoms with van der Waals surface area (Å²) in [5.41, 5.74) is -0.553. The Kier molecular flexibility index (Phi) is 7.25. The summed E-state index contributed by atoms with van der Waals surface area (Å²) in [5, 5.41) is 0. The zero-order valence-electron chi connectivity index (χ0n) is 11.0. The minimum absolute atomic E-state index is 0.00792. The van der Waals surface area contributed by atoms with Crippen LogP contribution < -0.4 is 4.46 Å². The normalized spacial score (nSPS) is 12.2. The molecule has 0 atom stereocenters.